The predicted octanol–water partition coefficient (Wildman–Crippen LogP) is 1.61. The van der Waals surface area contributed by atoms with Crippen LogP contribution in [0, 0.1) is 11.7 Å². The van der Waals surface area contributed by atoms with Crippen molar-refractivity contribution in [2.45, 2.75) is 0 Å². The molecule has 0 radical (unpaired) electrons. The number of rotatable bonds is 1. The van der Waals surface area contributed by atoms with Crippen LogP contribution in [0.2, 0.25) is 0 Å². The van der Waals surface area contributed by atoms with E-state index >= 15 is 0 Å². The topological polar surface area (TPSA) is 0 Å². The van der Waals surface area contributed by atoms with E-state index in [1.54, 1.807) is 5.41 Å². The fraction of sp³-hybridized carbons (Fsp3) is 0. The zero-order valence-electron chi connectivity index (χ0n) is 3.27. The number of terminal acetylenes is 1. The first-order valence-corrected chi connectivity index (χ1v) is 2.25. The van der Waals surface area contributed by atoms with E-state index in [2.05, 4.69) is 17.6 Å². The Morgan fingerprint density at radius 2 is 2.50 bits per heavy atom. The Morgan fingerprint density at radius 3 is 2.67 bits per heavy atom. The summed E-state index contributed by atoms with van der Waals surface area (Å²) in [6.45, 7) is 3.30. The van der Waals surface area contributed by atoms with Crippen molar-refractivity contribution in [3.63, 3.8) is 0 Å². The average molecular weight is 96.2 g/mol. The van der Waals surface area contributed by atoms with Gasteiger partial charge < -0.3 is 0 Å². The molecule has 0 N–H and O–H groups in total. The molecule has 0 saturated carbocycles. The molecule has 0 aliphatic carbocycles. The monoisotopic (exact) mass is 96.0 g/mol. The van der Waals surface area contributed by atoms with Crippen molar-refractivity contribution in [3.8, 4) is 11.7 Å². The summed E-state index contributed by atoms with van der Waals surface area (Å²) in [5.41, 5.74) is 2.51. The summed E-state index contributed by atoms with van der Waals surface area (Å²) < 4.78 is 0. The normalized spacial score (nSPS) is 5.17. The van der Waals surface area contributed by atoms with Crippen molar-refractivity contribution >= 4 is 11.8 Å². The largest absolute Gasteiger partial charge is 0.121 e. The number of thioether (sulfide) groups is 1. The van der Waals surface area contributed by atoms with Gasteiger partial charge in [0.15, 0.2) is 0 Å². The molecule has 0 unspecified atom stereocenters. The lowest BCUT2D eigenvalue weighted by atomic mass is 11.0. The molecule has 0 spiro atoms. The molecule has 0 heterocycles. The highest BCUT2D eigenvalue weighted by molar-refractivity contribution is 8.06. The van der Waals surface area contributed by atoms with Gasteiger partial charge in [0.1, 0.15) is 0 Å². The molecule has 0 aromatic carbocycles. The Labute approximate surface area is 41.9 Å². The van der Waals surface area contributed by atoms with Crippen molar-refractivity contribution in [2.75, 3.05) is 0 Å². The molecule has 0 aromatic heterocycles. The second-order valence-corrected chi connectivity index (χ2v) is 1.26. The number of hydrogen-bond donors (Lipinski definition) is 0. The molecule has 30 valence electrons. The third kappa shape index (κ3) is 3.43. The van der Waals surface area contributed by atoms with E-state index < -0.39 is 0 Å². The van der Waals surface area contributed by atoms with Crippen LogP contribution in [-0.4, -0.2) is 0 Å². The minimum atomic E-state index is 1.24. The highest BCUT2D eigenvalue weighted by Crippen LogP contribution is 1.92. The van der Waals surface area contributed by atoms with Crippen LogP contribution < -0.4 is 0 Å². The van der Waals surface area contributed by atoms with Crippen LogP contribution in [0.1, 0.15) is 0 Å². The summed E-state index contributed by atoms with van der Waals surface area (Å²) >= 11 is 1.24. The Hall–Kier alpha value is -0.570. The smallest absolute Gasteiger partial charge is 0.0253 e. The minimum absolute atomic E-state index is 1.24. The first-order valence-electron chi connectivity index (χ1n) is 1.37. The van der Waals surface area contributed by atoms with Crippen LogP contribution >= 0.6 is 11.8 Å². The summed E-state index contributed by atoms with van der Waals surface area (Å²) in [6.07, 6.45) is 4.83. The van der Waals surface area contributed by atoms with Gasteiger partial charge in [-0.3, -0.25) is 0 Å². The van der Waals surface area contributed by atoms with Gasteiger partial charge in [-0.05, 0) is 17.0 Å². The molecule has 6 heavy (non-hydrogen) atoms. The Morgan fingerprint density at radius 1 is 1.83 bits per heavy atom. The van der Waals surface area contributed by atoms with Gasteiger partial charge in [-0.25, -0.2) is 0 Å². The molecular weight excluding hydrogens is 92.1 g/mol. The van der Waals surface area contributed by atoms with Gasteiger partial charge >= 0.3 is 0 Å². The molecule has 0 rings (SSSR count). The van der Waals surface area contributed by atoms with E-state index in [0.717, 1.165) is 0 Å². The fourth-order valence-electron chi connectivity index (χ4n) is 0.0757. The highest BCUT2D eigenvalue weighted by Gasteiger charge is 1.55. The Balaban J connectivity index is 3.16. The van der Waals surface area contributed by atoms with Gasteiger partial charge in [0.05, 0.1) is 0 Å². The van der Waals surface area contributed by atoms with E-state index in [9.17, 15) is 0 Å². The minimum Gasteiger partial charge on any atom is -0.121 e. The average Bonchev–Trinajstić information content (AvgIpc) is 1.61. The lowest BCUT2D eigenvalue weighted by Gasteiger charge is -1.61. The first kappa shape index (κ1) is 5.43. The van der Waals surface area contributed by atoms with Crippen molar-refractivity contribution in [1.82, 2.24) is 0 Å². The first-order chi connectivity index (χ1) is 2.91. The van der Waals surface area contributed by atoms with Crippen LogP contribution in [0.15, 0.2) is 17.7 Å². The SMILES string of the molecule is C#CSC=C=C. The van der Waals surface area contributed by atoms with Crippen LogP contribution in [-0.2, 0) is 0 Å². The van der Waals surface area contributed by atoms with E-state index in [1.807, 2.05) is 0 Å². The lowest BCUT2D eigenvalue weighted by molar-refractivity contribution is 2.45. The zero-order valence-corrected chi connectivity index (χ0v) is 4.09. The van der Waals surface area contributed by atoms with Crippen LogP contribution in [0.3, 0.4) is 0 Å². The number of hydrogen-bond acceptors (Lipinski definition) is 1. The molecule has 0 atom stereocenters. The summed E-state index contributed by atoms with van der Waals surface area (Å²) in [7, 11) is 0. The van der Waals surface area contributed by atoms with Gasteiger partial charge in [0.25, 0.3) is 0 Å². The van der Waals surface area contributed by atoms with Crippen molar-refractivity contribution < 1.29 is 0 Å². The van der Waals surface area contributed by atoms with Gasteiger partial charge in [-0.2, -0.15) is 0 Å². The molecule has 0 aliphatic rings. The van der Waals surface area contributed by atoms with Crippen LogP contribution in [0.25, 0.3) is 0 Å². The zero-order chi connectivity index (χ0) is 4.83. The Bertz CT molecular complexity index is 102. The maximum Gasteiger partial charge on any atom is 0.0253 e. The second-order valence-electron chi connectivity index (χ2n) is 0.558. The molecule has 1 heteroatoms. The van der Waals surface area contributed by atoms with E-state index in [-0.39, 0.29) is 0 Å². The third-order valence-corrected chi connectivity index (χ3v) is 0.631. The fourth-order valence-corrected chi connectivity index (χ4v) is 0.227. The summed E-state index contributed by atoms with van der Waals surface area (Å²) in [5.74, 6) is 0. The van der Waals surface area contributed by atoms with Crippen molar-refractivity contribution in [3.05, 3.63) is 17.7 Å². The molecule has 0 nitrogen and oxygen atoms in total. The predicted molar refractivity (Wildman–Crippen MR) is 30.1 cm³/mol. The summed E-state index contributed by atoms with van der Waals surface area (Å²) in [6, 6.07) is 0. The van der Waals surface area contributed by atoms with E-state index in [0.29, 0.717) is 0 Å². The van der Waals surface area contributed by atoms with Crippen LogP contribution in [0.4, 0.5) is 0 Å². The maximum absolute atomic E-state index is 4.83. The molecule has 0 saturated heterocycles. The second kappa shape index (κ2) is 4.43. The highest BCUT2D eigenvalue weighted by atomic mass is 32.2. The molecule has 0 aliphatic heterocycles. The molecule has 0 bridgehead atoms. The maximum atomic E-state index is 4.83. The molecule has 0 aromatic rings. The quantitative estimate of drug-likeness (QED) is 0.353. The van der Waals surface area contributed by atoms with Crippen molar-refractivity contribution in [1.29, 1.82) is 0 Å². The van der Waals surface area contributed by atoms with Gasteiger partial charge in [-0.15, -0.1) is 12.2 Å². The third-order valence-electron chi connectivity index (χ3n) is 0.210. The lowest BCUT2D eigenvalue weighted by Crippen LogP contribution is -1.30. The van der Waals surface area contributed by atoms with Crippen molar-refractivity contribution in [2.24, 2.45) is 0 Å². The van der Waals surface area contributed by atoms with Gasteiger partial charge in [0.2, 0.25) is 0 Å². The van der Waals surface area contributed by atoms with Gasteiger partial charge in [-0.1, -0.05) is 6.58 Å². The van der Waals surface area contributed by atoms with E-state index in [1.165, 1.54) is 11.8 Å². The summed E-state index contributed by atoms with van der Waals surface area (Å²) in [4.78, 5) is 0. The molecule has 0 amide bonds. The summed E-state index contributed by atoms with van der Waals surface area (Å²) in [5, 5.41) is 3.95. The molecule has 0 fully saturated rings. The van der Waals surface area contributed by atoms with Crippen LogP contribution in [0.5, 0.6) is 0 Å². The Kier molecular flexibility index (Phi) is 4.01. The van der Waals surface area contributed by atoms with E-state index in [4.69, 9.17) is 6.42 Å². The van der Waals surface area contributed by atoms with Gasteiger partial charge in [0, 0.05) is 5.41 Å². The standard InChI is InChI=1S/C5H4S/c1-3-5-6-4-2/h2,5H,1H2. The molecular formula is C5H4S.